The third-order valence-electron chi connectivity index (χ3n) is 4.18. The Morgan fingerprint density at radius 1 is 0.793 bits per heavy atom. The summed E-state index contributed by atoms with van der Waals surface area (Å²) in [5.74, 6) is 0. The number of nitrogens with zero attached hydrogens (tertiary/aromatic N) is 4. The van der Waals surface area contributed by atoms with Crippen molar-refractivity contribution in [3.63, 3.8) is 0 Å². The fourth-order valence-electron chi connectivity index (χ4n) is 2.50. The first-order chi connectivity index (χ1) is 14.0. The van der Waals surface area contributed by atoms with Crippen LogP contribution in [0.15, 0.2) is 89.6 Å². The number of thiocarbonyl (C=S) groups is 1. The van der Waals surface area contributed by atoms with Gasteiger partial charge in [-0.05, 0) is 17.7 Å². The minimum Gasteiger partial charge on any atom is -0.269 e. The molecule has 146 valence electrons. The standard InChI is InChI=1S/C23H22N4S2/c1-18(19-10-6-4-7-11-19)26(2)24-16-21-14-15-22(29-21)17-25-27(3)23(28)20-12-8-5-9-13-20/h4-17H,1H2,2-3H3/b24-16-,25-17-. The third-order valence-corrected chi connectivity index (χ3v) is 5.63. The molecule has 1 aromatic heterocycles. The molecule has 2 aromatic carbocycles. The van der Waals surface area contributed by atoms with Crippen LogP contribution in [0.4, 0.5) is 0 Å². The SMILES string of the molecule is C=C(c1ccccc1)N(C)/N=C\c1ccc(/C=N\N(C)C(=S)c2ccccc2)s1. The molecule has 29 heavy (non-hydrogen) atoms. The number of rotatable bonds is 7. The van der Waals surface area contributed by atoms with Gasteiger partial charge in [0.1, 0.15) is 4.99 Å². The molecule has 0 unspecified atom stereocenters. The zero-order valence-electron chi connectivity index (χ0n) is 16.4. The molecule has 0 saturated carbocycles. The molecule has 3 aromatic rings. The summed E-state index contributed by atoms with van der Waals surface area (Å²) in [7, 11) is 3.74. The van der Waals surface area contributed by atoms with Gasteiger partial charge >= 0.3 is 0 Å². The Morgan fingerprint density at radius 2 is 1.28 bits per heavy atom. The molecule has 1 heterocycles. The molecule has 0 spiro atoms. The van der Waals surface area contributed by atoms with E-state index >= 15 is 0 Å². The van der Waals surface area contributed by atoms with Gasteiger partial charge in [-0.2, -0.15) is 10.2 Å². The van der Waals surface area contributed by atoms with E-state index in [4.69, 9.17) is 12.2 Å². The van der Waals surface area contributed by atoms with Crippen molar-refractivity contribution in [3.05, 3.63) is 100 Å². The van der Waals surface area contributed by atoms with E-state index in [0.717, 1.165) is 26.6 Å². The molecule has 0 aliphatic heterocycles. The maximum Gasteiger partial charge on any atom is 0.129 e. The molecule has 0 atom stereocenters. The molecule has 4 nitrogen and oxygen atoms in total. The average molecular weight is 419 g/mol. The Hall–Kier alpha value is -3.09. The lowest BCUT2D eigenvalue weighted by Crippen LogP contribution is -2.19. The molecule has 0 saturated heterocycles. The summed E-state index contributed by atoms with van der Waals surface area (Å²) >= 11 is 7.09. The van der Waals surface area contributed by atoms with Crippen LogP contribution >= 0.6 is 23.6 Å². The molecule has 0 fully saturated rings. The molecule has 6 heteroatoms. The van der Waals surface area contributed by atoms with Crippen LogP contribution in [0.5, 0.6) is 0 Å². The molecular formula is C23H22N4S2. The zero-order chi connectivity index (χ0) is 20.6. The highest BCUT2D eigenvalue weighted by molar-refractivity contribution is 7.80. The van der Waals surface area contributed by atoms with E-state index in [-0.39, 0.29) is 0 Å². The minimum atomic E-state index is 0.682. The van der Waals surface area contributed by atoms with E-state index in [1.165, 1.54) is 0 Å². The Balaban J connectivity index is 1.60. The summed E-state index contributed by atoms with van der Waals surface area (Å²) in [6, 6.07) is 23.9. The van der Waals surface area contributed by atoms with E-state index in [0.29, 0.717) is 4.99 Å². The Labute approximate surface area is 181 Å². The fourth-order valence-corrected chi connectivity index (χ4v) is 3.43. The summed E-state index contributed by atoms with van der Waals surface area (Å²) in [6.45, 7) is 4.11. The normalized spacial score (nSPS) is 11.1. The topological polar surface area (TPSA) is 31.2 Å². The Kier molecular flexibility index (Phi) is 7.05. The summed E-state index contributed by atoms with van der Waals surface area (Å²) < 4.78 is 0. The molecule has 0 aliphatic carbocycles. The minimum absolute atomic E-state index is 0.682. The molecule has 3 rings (SSSR count). The van der Waals surface area contributed by atoms with Crippen molar-refractivity contribution in [1.29, 1.82) is 0 Å². The first-order valence-electron chi connectivity index (χ1n) is 9.03. The van der Waals surface area contributed by atoms with E-state index in [1.807, 2.05) is 99.3 Å². The molecule has 0 amide bonds. The third kappa shape index (κ3) is 5.70. The monoisotopic (exact) mass is 418 g/mol. The molecule has 0 aliphatic rings. The number of hydrogen-bond acceptors (Lipinski definition) is 5. The number of hydrogen-bond donors (Lipinski definition) is 0. The maximum atomic E-state index is 5.48. The second kappa shape index (κ2) is 9.91. The number of hydrazone groups is 2. The predicted octanol–water partition coefficient (Wildman–Crippen LogP) is 5.33. The van der Waals surface area contributed by atoms with E-state index in [9.17, 15) is 0 Å². The zero-order valence-corrected chi connectivity index (χ0v) is 18.0. The summed E-state index contributed by atoms with van der Waals surface area (Å²) in [5, 5.41) is 12.4. The number of benzene rings is 2. The van der Waals surface area contributed by atoms with Crippen molar-refractivity contribution >= 4 is 46.7 Å². The van der Waals surface area contributed by atoms with Crippen molar-refractivity contribution in [3.8, 4) is 0 Å². The first kappa shape index (κ1) is 20.6. The second-order valence-corrected chi connectivity index (χ2v) is 7.79. The van der Waals surface area contributed by atoms with Gasteiger partial charge in [0.2, 0.25) is 0 Å². The first-order valence-corrected chi connectivity index (χ1v) is 10.3. The van der Waals surface area contributed by atoms with Crippen LogP contribution in [0.25, 0.3) is 5.70 Å². The van der Waals surface area contributed by atoms with Gasteiger partial charge in [-0.15, -0.1) is 11.3 Å². The Bertz CT molecular complexity index is 941. The summed E-state index contributed by atoms with van der Waals surface area (Å²) in [6.07, 6.45) is 3.64. The van der Waals surface area contributed by atoms with Crippen LogP contribution in [0.2, 0.25) is 0 Å². The Morgan fingerprint density at radius 3 is 1.83 bits per heavy atom. The average Bonchev–Trinajstić information content (AvgIpc) is 3.23. The van der Waals surface area contributed by atoms with Gasteiger partial charge in [0.05, 0.1) is 18.1 Å². The van der Waals surface area contributed by atoms with Gasteiger partial charge < -0.3 is 0 Å². The van der Waals surface area contributed by atoms with Crippen molar-refractivity contribution < 1.29 is 0 Å². The van der Waals surface area contributed by atoms with Gasteiger partial charge in [0.25, 0.3) is 0 Å². The van der Waals surface area contributed by atoms with Crippen molar-refractivity contribution in [2.45, 2.75) is 0 Å². The van der Waals surface area contributed by atoms with Crippen LogP contribution in [0.1, 0.15) is 20.9 Å². The van der Waals surface area contributed by atoms with Crippen molar-refractivity contribution in [1.82, 2.24) is 10.0 Å². The highest BCUT2D eigenvalue weighted by atomic mass is 32.1. The lowest BCUT2D eigenvalue weighted by atomic mass is 10.2. The summed E-state index contributed by atoms with van der Waals surface area (Å²) in [4.78, 5) is 2.74. The number of thiophene rings is 1. The van der Waals surface area contributed by atoms with Crippen LogP contribution in [0.3, 0.4) is 0 Å². The lowest BCUT2D eigenvalue weighted by Gasteiger charge is -2.15. The van der Waals surface area contributed by atoms with Gasteiger partial charge in [-0.25, -0.2) is 0 Å². The molecular weight excluding hydrogens is 396 g/mol. The van der Waals surface area contributed by atoms with Gasteiger partial charge in [0.15, 0.2) is 0 Å². The van der Waals surface area contributed by atoms with E-state index in [2.05, 4.69) is 16.8 Å². The maximum absolute atomic E-state index is 5.48. The summed E-state index contributed by atoms with van der Waals surface area (Å²) in [5.41, 5.74) is 2.86. The largest absolute Gasteiger partial charge is 0.269 e. The van der Waals surface area contributed by atoms with Gasteiger partial charge in [-0.3, -0.25) is 10.0 Å². The highest BCUT2D eigenvalue weighted by Crippen LogP contribution is 2.17. The second-order valence-electron chi connectivity index (χ2n) is 6.26. The van der Waals surface area contributed by atoms with E-state index < -0.39 is 0 Å². The van der Waals surface area contributed by atoms with E-state index in [1.54, 1.807) is 21.4 Å². The fraction of sp³-hybridized carbons (Fsp3) is 0.0870. The highest BCUT2D eigenvalue weighted by Gasteiger charge is 2.05. The van der Waals surface area contributed by atoms with Crippen LogP contribution in [-0.4, -0.2) is 41.5 Å². The smallest absolute Gasteiger partial charge is 0.129 e. The van der Waals surface area contributed by atoms with Crippen LogP contribution in [-0.2, 0) is 0 Å². The molecule has 0 radical (unpaired) electrons. The lowest BCUT2D eigenvalue weighted by molar-refractivity contribution is 0.521. The molecule has 0 bridgehead atoms. The van der Waals surface area contributed by atoms with Crippen molar-refractivity contribution in [2.24, 2.45) is 10.2 Å². The van der Waals surface area contributed by atoms with Gasteiger partial charge in [0, 0.05) is 29.4 Å². The quantitative estimate of drug-likeness (QED) is 0.295. The predicted molar refractivity (Wildman–Crippen MR) is 129 cm³/mol. The van der Waals surface area contributed by atoms with Crippen LogP contribution < -0.4 is 0 Å². The van der Waals surface area contributed by atoms with Gasteiger partial charge in [-0.1, -0.05) is 79.5 Å². The molecule has 0 N–H and O–H groups in total. The van der Waals surface area contributed by atoms with Crippen LogP contribution in [0, 0.1) is 0 Å². The van der Waals surface area contributed by atoms with Crippen molar-refractivity contribution in [2.75, 3.05) is 14.1 Å².